The molecule has 1 aromatic heterocycles. The van der Waals surface area contributed by atoms with Crippen molar-refractivity contribution in [3.8, 4) is 0 Å². The van der Waals surface area contributed by atoms with Gasteiger partial charge in [0, 0.05) is 31.3 Å². The van der Waals surface area contributed by atoms with E-state index in [1.54, 1.807) is 0 Å². The maximum Gasteiger partial charge on any atom is 0.252 e. The van der Waals surface area contributed by atoms with Crippen molar-refractivity contribution in [1.82, 2.24) is 15.6 Å². The van der Waals surface area contributed by atoms with Gasteiger partial charge in [0.1, 0.15) is 0 Å². The number of aromatic amines is 1. The summed E-state index contributed by atoms with van der Waals surface area (Å²) in [5.41, 5.74) is 0.0988. The van der Waals surface area contributed by atoms with Gasteiger partial charge in [0.2, 0.25) is 11.5 Å². The maximum atomic E-state index is 11.6. The molecule has 0 unspecified atom stereocenters. The zero-order valence-corrected chi connectivity index (χ0v) is 10.4. The Morgan fingerprint density at radius 2 is 2.06 bits per heavy atom. The first-order valence-electron chi connectivity index (χ1n) is 5.75. The Morgan fingerprint density at radius 3 is 2.61 bits per heavy atom. The van der Waals surface area contributed by atoms with Gasteiger partial charge in [-0.15, -0.1) is 0 Å². The quantitative estimate of drug-likeness (QED) is 0.689. The summed E-state index contributed by atoms with van der Waals surface area (Å²) in [6, 6.07) is 2.80. The van der Waals surface area contributed by atoms with Crippen LogP contribution in [0.15, 0.2) is 23.1 Å². The van der Waals surface area contributed by atoms with Crippen LogP contribution < -0.4 is 16.2 Å². The lowest BCUT2D eigenvalue weighted by Gasteiger charge is -2.08. The van der Waals surface area contributed by atoms with Gasteiger partial charge >= 0.3 is 0 Å². The van der Waals surface area contributed by atoms with Crippen LogP contribution in [0, 0.1) is 0 Å². The van der Waals surface area contributed by atoms with E-state index in [2.05, 4.69) is 15.6 Å². The lowest BCUT2D eigenvalue weighted by Crippen LogP contribution is -2.34. The standard InChI is InChI=1S/C12H17N3O3/c1-8(2)15-11(17)5-6-13-12(18)9-3-4-10(16)14-7-9/h3-4,7-8H,5-6H2,1-2H3,(H,13,18)(H,14,16)(H,15,17). The van der Waals surface area contributed by atoms with E-state index in [1.165, 1.54) is 18.3 Å². The Balaban J connectivity index is 2.36. The molecule has 6 heteroatoms. The molecule has 1 rings (SSSR count). The lowest BCUT2D eigenvalue weighted by atomic mass is 10.2. The second-order valence-corrected chi connectivity index (χ2v) is 4.17. The molecule has 6 nitrogen and oxygen atoms in total. The highest BCUT2D eigenvalue weighted by molar-refractivity contribution is 5.94. The van der Waals surface area contributed by atoms with Gasteiger partial charge in [-0.25, -0.2) is 0 Å². The van der Waals surface area contributed by atoms with E-state index in [0.717, 1.165) is 0 Å². The number of aromatic nitrogens is 1. The van der Waals surface area contributed by atoms with Crippen molar-refractivity contribution in [2.75, 3.05) is 6.54 Å². The molecule has 0 saturated heterocycles. The number of hydrogen-bond donors (Lipinski definition) is 3. The van der Waals surface area contributed by atoms with Crippen LogP contribution in [0.4, 0.5) is 0 Å². The molecule has 0 aliphatic heterocycles. The highest BCUT2D eigenvalue weighted by Crippen LogP contribution is 1.92. The first-order chi connectivity index (χ1) is 8.49. The summed E-state index contributed by atoms with van der Waals surface area (Å²) >= 11 is 0. The van der Waals surface area contributed by atoms with Crippen LogP contribution >= 0.6 is 0 Å². The summed E-state index contributed by atoms with van der Waals surface area (Å²) in [5.74, 6) is -0.421. The van der Waals surface area contributed by atoms with Gasteiger partial charge in [0.25, 0.3) is 5.91 Å². The van der Waals surface area contributed by atoms with Gasteiger partial charge < -0.3 is 15.6 Å². The Hall–Kier alpha value is -2.11. The van der Waals surface area contributed by atoms with E-state index in [0.29, 0.717) is 5.56 Å². The molecule has 0 aliphatic rings. The van der Waals surface area contributed by atoms with Crippen LogP contribution in [0.25, 0.3) is 0 Å². The molecule has 0 spiro atoms. The SMILES string of the molecule is CC(C)NC(=O)CCNC(=O)c1ccc(=O)[nH]c1. The normalized spacial score (nSPS) is 10.2. The minimum absolute atomic E-state index is 0.0902. The molecule has 18 heavy (non-hydrogen) atoms. The summed E-state index contributed by atoms with van der Waals surface area (Å²) < 4.78 is 0. The zero-order valence-electron chi connectivity index (χ0n) is 10.4. The smallest absolute Gasteiger partial charge is 0.252 e. The van der Waals surface area contributed by atoms with Crippen LogP contribution in [-0.2, 0) is 4.79 Å². The summed E-state index contributed by atoms with van der Waals surface area (Å²) in [5, 5.41) is 5.33. The minimum Gasteiger partial charge on any atom is -0.354 e. The number of pyridine rings is 1. The van der Waals surface area contributed by atoms with E-state index >= 15 is 0 Å². The fraction of sp³-hybridized carbons (Fsp3) is 0.417. The fourth-order valence-corrected chi connectivity index (χ4v) is 1.34. The van der Waals surface area contributed by atoms with Gasteiger partial charge in [0.15, 0.2) is 0 Å². The van der Waals surface area contributed by atoms with E-state index in [1.807, 2.05) is 13.8 Å². The highest BCUT2D eigenvalue weighted by Gasteiger charge is 2.07. The molecule has 98 valence electrons. The molecule has 0 radical (unpaired) electrons. The maximum absolute atomic E-state index is 11.6. The van der Waals surface area contributed by atoms with E-state index < -0.39 is 0 Å². The van der Waals surface area contributed by atoms with Crippen LogP contribution in [0.5, 0.6) is 0 Å². The third-order valence-electron chi connectivity index (χ3n) is 2.13. The van der Waals surface area contributed by atoms with Gasteiger partial charge in [-0.1, -0.05) is 0 Å². The Morgan fingerprint density at radius 1 is 1.33 bits per heavy atom. The fourth-order valence-electron chi connectivity index (χ4n) is 1.34. The summed E-state index contributed by atoms with van der Waals surface area (Å²) in [6.45, 7) is 4.00. The molecular weight excluding hydrogens is 234 g/mol. The van der Waals surface area contributed by atoms with Gasteiger partial charge in [-0.2, -0.15) is 0 Å². The predicted octanol–water partition coefficient (Wildman–Crippen LogP) is 0.0194. The van der Waals surface area contributed by atoms with Gasteiger partial charge in [-0.05, 0) is 19.9 Å². The number of carbonyl (C=O) groups is 2. The van der Waals surface area contributed by atoms with Crippen molar-refractivity contribution in [1.29, 1.82) is 0 Å². The van der Waals surface area contributed by atoms with Gasteiger partial charge in [-0.3, -0.25) is 14.4 Å². The Kier molecular flexibility index (Phi) is 5.10. The van der Waals surface area contributed by atoms with Crippen molar-refractivity contribution >= 4 is 11.8 Å². The predicted molar refractivity (Wildman–Crippen MR) is 67.3 cm³/mol. The molecule has 0 atom stereocenters. The third kappa shape index (κ3) is 4.82. The molecule has 1 aromatic rings. The summed E-state index contributed by atoms with van der Waals surface area (Å²) in [6.07, 6.45) is 1.57. The third-order valence-corrected chi connectivity index (χ3v) is 2.13. The summed E-state index contributed by atoms with van der Waals surface area (Å²) in [7, 11) is 0. The topological polar surface area (TPSA) is 91.1 Å². The van der Waals surface area contributed by atoms with Crippen molar-refractivity contribution in [2.24, 2.45) is 0 Å². The number of hydrogen-bond acceptors (Lipinski definition) is 3. The highest BCUT2D eigenvalue weighted by atomic mass is 16.2. The van der Waals surface area contributed by atoms with Crippen molar-refractivity contribution in [3.05, 3.63) is 34.2 Å². The molecule has 2 amide bonds. The van der Waals surface area contributed by atoms with E-state index in [-0.39, 0.29) is 36.4 Å². The van der Waals surface area contributed by atoms with Crippen molar-refractivity contribution in [3.63, 3.8) is 0 Å². The monoisotopic (exact) mass is 251 g/mol. The number of carbonyl (C=O) groups excluding carboxylic acids is 2. The molecule has 3 N–H and O–H groups in total. The van der Waals surface area contributed by atoms with Crippen LogP contribution in [0.2, 0.25) is 0 Å². The molecule has 0 saturated carbocycles. The lowest BCUT2D eigenvalue weighted by molar-refractivity contribution is -0.121. The molecular formula is C12H17N3O3. The first-order valence-corrected chi connectivity index (χ1v) is 5.75. The van der Waals surface area contributed by atoms with Crippen LogP contribution in [0.1, 0.15) is 30.6 Å². The Bertz CT molecular complexity index is 459. The average molecular weight is 251 g/mol. The van der Waals surface area contributed by atoms with Gasteiger partial charge in [0.05, 0.1) is 5.56 Å². The van der Waals surface area contributed by atoms with E-state index in [4.69, 9.17) is 0 Å². The number of rotatable bonds is 5. The molecule has 0 bridgehead atoms. The number of nitrogens with one attached hydrogen (secondary N) is 3. The average Bonchev–Trinajstić information content (AvgIpc) is 2.28. The van der Waals surface area contributed by atoms with Crippen molar-refractivity contribution < 1.29 is 9.59 Å². The summed E-state index contributed by atoms with van der Waals surface area (Å²) in [4.78, 5) is 36.1. The number of amides is 2. The van der Waals surface area contributed by atoms with Crippen molar-refractivity contribution in [2.45, 2.75) is 26.3 Å². The second kappa shape index (κ2) is 6.58. The first kappa shape index (κ1) is 14.0. The molecule has 0 fully saturated rings. The minimum atomic E-state index is -0.316. The Labute approximate surface area is 105 Å². The van der Waals surface area contributed by atoms with E-state index in [9.17, 15) is 14.4 Å². The molecule has 0 aromatic carbocycles. The molecule has 1 heterocycles. The zero-order chi connectivity index (χ0) is 13.5. The largest absolute Gasteiger partial charge is 0.354 e. The molecule has 0 aliphatic carbocycles. The number of H-pyrrole nitrogens is 1. The second-order valence-electron chi connectivity index (χ2n) is 4.17. The van der Waals surface area contributed by atoms with Crippen LogP contribution in [-0.4, -0.2) is 29.4 Å². The van der Waals surface area contributed by atoms with Crippen LogP contribution in [0.3, 0.4) is 0 Å².